The second-order valence-corrected chi connectivity index (χ2v) is 7.39. The molecule has 132 valence electrons. The van der Waals surface area contributed by atoms with Gasteiger partial charge in [-0.15, -0.1) is 0 Å². The molecule has 2 N–H and O–H groups in total. The first-order valence-corrected chi connectivity index (χ1v) is 8.97. The summed E-state index contributed by atoms with van der Waals surface area (Å²) < 4.78 is 13.2. The number of aliphatic hydroxyl groups is 1. The maximum Gasteiger partial charge on any atom is 0.317 e. The van der Waals surface area contributed by atoms with Gasteiger partial charge in [-0.05, 0) is 43.9 Å². The van der Waals surface area contributed by atoms with E-state index >= 15 is 0 Å². The van der Waals surface area contributed by atoms with Crippen molar-refractivity contribution in [2.45, 2.75) is 50.5 Å². The van der Waals surface area contributed by atoms with E-state index in [9.17, 15) is 14.3 Å². The van der Waals surface area contributed by atoms with E-state index in [2.05, 4.69) is 5.32 Å². The number of rotatable bonds is 4. The molecule has 1 aromatic rings. The monoisotopic (exact) mass is 334 g/mol. The Balaban J connectivity index is 1.63. The fourth-order valence-electron chi connectivity index (χ4n) is 4.14. The lowest BCUT2D eigenvalue weighted by Crippen LogP contribution is -2.45. The average Bonchev–Trinajstić information content (AvgIpc) is 3.23. The third-order valence-electron chi connectivity index (χ3n) is 5.79. The molecular weight excluding hydrogens is 307 g/mol. The van der Waals surface area contributed by atoms with Crippen LogP contribution >= 0.6 is 0 Å². The quantitative estimate of drug-likeness (QED) is 0.889. The number of urea groups is 1. The highest BCUT2D eigenvalue weighted by molar-refractivity contribution is 5.74. The van der Waals surface area contributed by atoms with Gasteiger partial charge in [-0.25, -0.2) is 9.18 Å². The van der Waals surface area contributed by atoms with Gasteiger partial charge in [-0.3, -0.25) is 0 Å². The normalized spacial score (nSPS) is 24.1. The van der Waals surface area contributed by atoms with Crippen molar-refractivity contribution >= 4 is 6.03 Å². The third kappa shape index (κ3) is 3.56. The number of benzene rings is 1. The maximum absolute atomic E-state index is 13.2. The van der Waals surface area contributed by atoms with Gasteiger partial charge in [0.15, 0.2) is 0 Å². The predicted molar refractivity (Wildman–Crippen MR) is 91.3 cm³/mol. The van der Waals surface area contributed by atoms with E-state index in [0.29, 0.717) is 19.6 Å². The minimum absolute atomic E-state index is 0.0495. The van der Waals surface area contributed by atoms with E-state index in [1.807, 2.05) is 12.1 Å². The Morgan fingerprint density at radius 1 is 1.38 bits per heavy atom. The molecule has 24 heavy (non-hydrogen) atoms. The van der Waals surface area contributed by atoms with Crippen LogP contribution < -0.4 is 5.32 Å². The standard InChI is InChI=1S/C19H27FN2O2/c1-14(23)15-8-11-22(12-15)18(24)21-13-19(9-2-3-10-19)16-4-6-17(20)7-5-16/h4-7,14-15,23H,2-3,8-13H2,1H3,(H,21,24). The molecule has 1 saturated carbocycles. The molecular formula is C19H27FN2O2. The van der Waals surface area contributed by atoms with Crippen LogP contribution in [0.2, 0.25) is 0 Å². The molecule has 1 aromatic carbocycles. The average molecular weight is 334 g/mol. The topological polar surface area (TPSA) is 52.6 Å². The lowest BCUT2D eigenvalue weighted by molar-refractivity contribution is 0.129. The van der Waals surface area contributed by atoms with Crippen molar-refractivity contribution in [1.82, 2.24) is 10.2 Å². The molecule has 0 aromatic heterocycles. The Kier molecular flexibility index (Phi) is 5.09. The summed E-state index contributed by atoms with van der Waals surface area (Å²) in [7, 11) is 0. The van der Waals surface area contributed by atoms with E-state index in [4.69, 9.17) is 0 Å². The molecule has 4 nitrogen and oxygen atoms in total. The van der Waals surface area contributed by atoms with Crippen LogP contribution in [-0.4, -0.2) is 41.8 Å². The fourth-order valence-corrected chi connectivity index (χ4v) is 4.14. The number of nitrogens with zero attached hydrogens (tertiary/aromatic N) is 1. The van der Waals surface area contributed by atoms with Crippen molar-refractivity contribution in [3.8, 4) is 0 Å². The van der Waals surface area contributed by atoms with Gasteiger partial charge in [0.25, 0.3) is 0 Å². The van der Waals surface area contributed by atoms with Gasteiger partial charge >= 0.3 is 6.03 Å². The molecule has 2 atom stereocenters. The van der Waals surface area contributed by atoms with Gasteiger partial charge in [-0.1, -0.05) is 25.0 Å². The van der Waals surface area contributed by atoms with Gasteiger partial charge in [0.1, 0.15) is 5.82 Å². The summed E-state index contributed by atoms with van der Waals surface area (Å²) in [5.41, 5.74) is 1.04. The van der Waals surface area contributed by atoms with Crippen molar-refractivity contribution < 1.29 is 14.3 Å². The minimum Gasteiger partial charge on any atom is -0.393 e. The zero-order chi connectivity index (χ0) is 17.2. The van der Waals surface area contributed by atoms with Gasteiger partial charge in [-0.2, -0.15) is 0 Å². The molecule has 0 spiro atoms. The van der Waals surface area contributed by atoms with E-state index < -0.39 is 0 Å². The zero-order valence-corrected chi connectivity index (χ0v) is 14.3. The molecule has 2 amide bonds. The molecule has 1 aliphatic heterocycles. The summed E-state index contributed by atoms with van der Waals surface area (Å²) in [4.78, 5) is 14.3. The van der Waals surface area contributed by atoms with Crippen molar-refractivity contribution in [2.24, 2.45) is 5.92 Å². The molecule has 0 bridgehead atoms. The van der Waals surface area contributed by atoms with Crippen LogP contribution in [0.3, 0.4) is 0 Å². The number of amides is 2. The minimum atomic E-state index is -0.372. The predicted octanol–water partition coefficient (Wildman–Crippen LogP) is 3.05. The highest BCUT2D eigenvalue weighted by atomic mass is 19.1. The SMILES string of the molecule is CC(O)C1CCN(C(=O)NCC2(c3ccc(F)cc3)CCCC2)C1. The number of aliphatic hydroxyl groups excluding tert-OH is 1. The molecule has 5 heteroatoms. The zero-order valence-electron chi connectivity index (χ0n) is 14.3. The molecule has 1 saturated heterocycles. The van der Waals surface area contributed by atoms with Crippen molar-refractivity contribution in [2.75, 3.05) is 19.6 Å². The number of carbonyl (C=O) groups excluding carboxylic acids is 1. The van der Waals surface area contributed by atoms with Gasteiger partial charge in [0.2, 0.25) is 0 Å². The first-order chi connectivity index (χ1) is 11.5. The fraction of sp³-hybridized carbons (Fsp3) is 0.632. The van der Waals surface area contributed by atoms with E-state index in [-0.39, 0.29) is 29.3 Å². The lowest BCUT2D eigenvalue weighted by Gasteiger charge is -2.31. The van der Waals surface area contributed by atoms with Crippen LogP contribution in [0.5, 0.6) is 0 Å². The van der Waals surface area contributed by atoms with Crippen molar-refractivity contribution in [3.63, 3.8) is 0 Å². The van der Waals surface area contributed by atoms with Gasteiger partial charge in [0, 0.05) is 31.0 Å². The molecule has 0 radical (unpaired) electrons. The summed E-state index contributed by atoms with van der Waals surface area (Å²) in [5.74, 6) is -0.0505. The molecule has 3 rings (SSSR count). The Hall–Kier alpha value is -1.62. The molecule has 1 heterocycles. The summed E-state index contributed by atoms with van der Waals surface area (Å²) in [6.45, 7) is 3.69. The third-order valence-corrected chi connectivity index (χ3v) is 5.79. The second-order valence-electron chi connectivity index (χ2n) is 7.39. The molecule has 2 aliphatic rings. The summed E-state index contributed by atoms with van der Waals surface area (Å²) in [6, 6.07) is 6.67. The van der Waals surface area contributed by atoms with Crippen LogP contribution in [0.25, 0.3) is 0 Å². The summed E-state index contributed by atoms with van der Waals surface area (Å²) in [5, 5.41) is 12.8. The van der Waals surface area contributed by atoms with Crippen LogP contribution in [0.15, 0.2) is 24.3 Å². The smallest absolute Gasteiger partial charge is 0.317 e. The Labute approximate surface area is 143 Å². The van der Waals surface area contributed by atoms with E-state index in [1.54, 1.807) is 11.8 Å². The van der Waals surface area contributed by atoms with E-state index in [0.717, 1.165) is 37.7 Å². The van der Waals surface area contributed by atoms with Gasteiger partial charge < -0.3 is 15.3 Å². The van der Waals surface area contributed by atoms with Crippen LogP contribution in [0.4, 0.5) is 9.18 Å². The maximum atomic E-state index is 13.2. The van der Waals surface area contributed by atoms with Gasteiger partial charge in [0.05, 0.1) is 6.10 Å². The number of nitrogens with one attached hydrogen (secondary N) is 1. The van der Waals surface area contributed by atoms with Crippen molar-refractivity contribution in [3.05, 3.63) is 35.6 Å². The molecule has 2 unspecified atom stereocenters. The van der Waals surface area contributed by atoms with Crippen LogP contribution in [0, 0.1) is 11.7 Å². The highest BCUT2D eigenvalue weighted by Gasteiger charge is 2.37. The number of halogens is 1. The van der Waals surface area contributed by atoms with Crippen LogP contribution in [-0.2, 0) is 5.41 Å². The van der Waals surface area contributed by atoms with Crippen LogP contribution in [0.1, 0.15) is 44.6 Å². The first kappa shape index (κ1) is 17.2. The van der Waals surface area contributed by atoms with E-state index in [1.165, 1.54) is 12.1 Å². The first-order valence-electron chi connectivity index (χ1n) is 8.97. The number of carbonyl (C=O) groups is 1. The summed E-state index contributed by atoms with van der Waals surface area (Å²) in [6.07, 6.45) is 4.81. The molecule has 2 fully saturated rings. The van der Waals surface area contributed by atoms with Crippen molar-refractivity contribution in [1.29, 1.82) is 0 Å². The second kappa shape index (κ2) is 7.09. The number of hydrogen-bond donors (Lipinski definition) is 2. The number of hydrogen-bond acceptors (Lipinski definition) is 2. The largest absolute Gasteiger partial charge is 0.393 e. The Morgan fingerprint density at radius 2 is 2.04 bits per heavy atom. The lowest BCUT2D eigenvalue weighted by atomic mass is 9.79. The number of likely N-dealkylation sites (tertiary alicyclic amines) is 1. The Bertz CT molecular complexity index is 567. The molecule has 1 aliphatic carbocycles. The highest BCUT2D eigenvalue weighted by Crippen LogP contribution is 2.40. The summed E-state index contributed by atoms with van der Waals surface area (Å²) >= 11 is 0. The Morgan fingerprint density at radius 3 is 2.62 bits per heavy atom.